The lowest BCUT2D eigenvalue weighted by molar-refractivity contribution is -0.141. The first-order valence-electron chi connectivity index (χ1n) is 5.71. The van der Waals surface area contributed by atoms with Crippen molar-refractivity contribution in [2.45, 2.75) is 20.0 Å². The molecule has 0 heterocycles. The number of esters is 1. The van der Waals surface area contributed by atoms with Crippen LogP contribution in [0, 0.1) is 6.92 Å². The molecule has 0 spiro atoms. The van der Waals surface area contributed by atoms with E-state index in [0.717, 1.165) is 5.56 Å². The summed E-state index contributed by atoms with van der Waals surface area (Å²) in [4.78, 5) is 22.6. The molecule has 0 bridgehead atoms. The molecule has 104 valence electrons. The zero-order valence-electron chi connectivity index (χ0n) is 11.0. The molecule has 0 aliphatic rings. The van der Waals surface area contributed by atoms with Gasteiger partial charge >= 0.3 is 5.97 Å². The highest BCUT2D eigenvalue weighted by molar-refractivity contribution is 6.30. The summed E-state index contributed by atoms with van der Waals surface area (Å²) in [6, 6.07) is 5.13. The van der Waals surface area contributed by atoms with Crippen molar-refractivity contribution in [2.75, 3.05) is 13.7 Å². The Morgan fingerprint density at radius 2 is 2.11 bits per heavy atom. The van der Waals surface area contributed by atoms with Crippen LogP contribution in [0.2, 0.25) is 5.02 Å². The predicted molar refractivity (Wildman–Crippen MR) is 71.3 cm³/mol. The maximum atomic E-state index is 11.7. The molecule has 1 aromatic carbocycles. The third kappa shape index (κ3) is 4.79. The Bertz CT molecular complexity index is 476. The van der Waals surface area contributed by atoms with Crippen LogP contribution in [0.15, 0.2) is 18.2 Å². The van der Waals surface area contributed by atoms with Crippen LogP contribution in [-0.4, -0.2) is 31.6 Å². The highest BCUT2D eigenvalue weighted by Gasteiger charge is 2.16. The van der Waals surface area contributed by atoms with Gasteiger partial charge in [-0.1, -0.05) is 11.6 Å². The Labute approximate surface area is 116 Å². The van der Waals surface area contributed by atoms with Gasteiger partial charge in [-0.15, -0.1) is 0 Å². The van der Waals surface area contributed by atoms with Crippen molar-refractivity contribution in [1.29, 1.82) is 0 Å². The first-order valence-corrected chi connectivity index (χ1v) is 6.09. The quantitative estimate of drug-likeness (QED) is 0.837. The summed E-state index contributed by atoms with van der Waals surface area (Å²) in [5.74, 6) is -0.326. The van der Waals surface area contributed by atoms with Crippen LogP contribution in [0.25, 0.3) is 0 Å². The third-order valence-corrected chi connectivity index (χ3v) is 2.68. The van der Waals surface area contributed by atoms with Gasteiger partial charge < -0.3 is 14.8 Å². The number of benzene rings is 1. The van der Waals surface area contributed by atoms with Gasteiger partial charge in [-0.3, -0.25) is 9.59 Å². The van der Waals surface area contributed by atoms with Crippen molar-refractivity contribution >= 4 is 23.5 Å². The van der Waals surface area contributed by atoms with Crippen LogP contribution in [-0.2, 0) is 14.3 Å². The molecule has 0 saturated heterocycles. The predicted octanol–water partition coefficient (Wildman–Crippen LogP) is 1.70. The van der Waals surface area contributed by atoms with Gasteiger partial charge in [0.1, 0.15) is 12.3 Å². The number of carbonyl (C=O) groups is 2. The Morgan fingerprint density at radius 1 is 1.42 bits per heavy atom. The highest BCUT2D eigenvalue weighted by Crippen LogP contribution is 2.22. The van der Waals surface area contributed by atoms with Gasteiger partial charge in [0.15, 0.2) is 6.10 Å². The van der Waals surface area contributed by atoms with E-state index in [9.17, 15) is 9.59 Å². The molecule has 0 aromatic heterocycles. The molecule has 1 amide bonds. The van der Waals surface area contributed by atoms with Gasteiger partial charge in [0.2, 0.25) is 0 Å². The molecule has 0 fully saturated rings. The van der Waals surface area contributed by atoms with E-state index in [1.54, 1.807) is 25.1 Å². The summed E-state index contributed by atoms with van der Waals surface area (Å²) in [6.45, 7) is 3.25. The van der Waals surface area contributed by atoms with Crippen LogP contribution >= 0.6 is 11.6 Å². The zero-order valence-corrected chi connectivity index (χ0v) is 11.8. The average molecular weight is 286 g/mol. The van der Waals surface area contributed by atoms with Gasteiger partial charge in [0, 0.05) is 5.02 Å². The van der Waals surface area contributed by atoms with E-state index in [1.807, 2.05) is 6.92 Å². The first-order chi connectivity index (χ1) is 8.93. The van der Waals surface area contributed by atoms with Gasteiger partial charge in [-0.25, -0.2) is 0 Å². The molecular weight excluding hydrogens is 270 g/mol. The summed E-state index contributed by atoms with van der Waals surface area (Å²) in [5.41, 5.74) is 0.833. The van der Waals surface area contributed by atoms with E-state index < -0.39 is 12.1 Å². The van der Waals surface area contributed by atoms with E-state index >= 15 is 0 Å². The van der Waals surface area contributed by atoms with Crippen molar-refractivity contribution in [3.63, 3.8) is 0 Å². The SMILES string of the molecule is COC(=O)CNC(=O)C(C)Oc1ccc(Cl)cc1C. The Balaban J connectivity index is 2.56. The van der Waals surface area contributed by atoms with Gasteiger partial charge in [0.25, 0.3) is 5.91 Å². The Hall–Kier alpha value is -1.75. The zero-order chi connectivity index (χ0) is 14.4. The minimum atomic E-state index is -0.718. The second-order valence-corrected chi connectivity index (χ2v) is 4.40. The van der Waals surface area contributed by atoms with Crippen molar-refractivity contribution < 1.29 is 19.1 Å². The molecule has 1 atom stereocenters. The van der Waals surface area contributed by atoms with E-state index in [-0.39, 0.29) is 12.5 Å². The second kappa shape index (κ2) is 6.99. The summed E-state index contributed by atoms with van der Waals surface area (Å²) in [6.07, 6.45) is -0.718. The summed E-state index contributed by atoms with van der Waals surface area (Å²) < 4.78 is 9.93. The lowest BCUT2D eigenvalue weighted by atomic mass is 10.2. The van der Waals surface area contributed by atoms with Gasteiger partial charge in [-0.2, -0.15) is 0 Å². The fourth-order valence-electron chi connectivity index (χ4n) is 1.36. The topological polar surface area (TPSA) is 64.6 Å². The number of methoxy groups -OCH3 is 1. The molecule has 0 aliphatic carbocycles. The van der Waals surface area contributed by atoms with Crippen molar-refractivity contribution in [1.82, 2.24) is 5.32 Å². The van der Waals surface area contributed by atoms with Gasteiger partial charge in [-0.05, 0) is 37.6 Å². The number of halogens is 1. The minimum Gasteiger partial charge on any atom is -0.481 e. The Morgan fingerprint density at radius 3 is 2.68 bits per heavy atom. The number of nitrogens with one attached hydrogen (secondary N) is 1. The molecule has 1 rings (SSSR count). The van der Waals surface area contributed by atoms with Crippen LogP contribution in [0.3, 0.4) is 0 Å². The molecule has 0 radical (unpaired) electrons. The molecular formula is C13H16ClNO4. The molecule has 1 aromatic rings. The number of hydrogen-bond donors (Lipinski definition) is 1. The largest absolute Gasteiger partial charge is 0.481 e. The fraction of sp³-hybridized carbons (Fsp3) is 0.385. The monoisotopic (exact) mass is 285 g/mol. The second-order valence-electron chi connectivity index (χ2n) is 3.96. The van der Waals surface area contributed by atoms with Crippen LogP contribution in [0.1, 0.15) is 12.5 Å². The van der Waals surface area contributed by atoms with Crippen LogP contribution < -0.4 is 10.1 Å². The van der Waals surface area contributed by atoms with E-state index in [1.165, 1.54) is 7.11 Å². The highest BCUT2D eigenvalue weighted by atomic mass is 35.5. The number of aryl methyl sites for hydroxylation is 1. The van der Waals surface area contributed by atoms with Crippen molar-refractivity contribution in [3.05, 3.63) is 28.8 Å². The standard InChI is InChI=1S/C13H16ClNO4/c1-8-6-10(14)4-5-11(8)19-9(2)13(17)15-7-12(16)18-3/h4-6,9H,7H2,1-3H3,(H,15,17). The summed E-state index contributed by atoms with van der Waals surface area (Å²) in [5, 5.41) is 3.02. The number of amides is 1. The summed E-state index contributed by atoms with van der Waals surface area (Å²) >= 11 is 5.83. The molecule has 0 saturated carbocycles. The number of hydrogen-bond acceptors (Lipinski definition) is 4. The van der Waals surface area contributed by atoms with Crippen LogP contribution in [0.4, 0.5) is 0 Å². The van der Waals surface area contributed by atoms with Crippen molar-refractivity contribution in [3.8, 4) is 5.75 Å². The van der Waals surface area contributed by atoms with Crippen LogP contribution in [0.5, 0.6) is 5.75 Å². The maximum absolute atomic E-state index is 11.7. The molecule has 6 heteroatoms. The van der Waals surface area contributed by atoms with E-state index in [2.05, 4.69) is 10.1 Å². The summed E-state index contributed by atoms with van der Waals surface area (Å²) in [7, 11) is 1.26. The number of ether oxygens (including phenoxy) is 2. The Kier molecular flexibility index (Phi) is 5.63. The van der Waals surface area contributed by atoms with E-state index in [4.69, 9.17) is 16.3 Å². The molecule has 0 aliphatic heterocycles. The average Bonchev–Trinajstić information content (AvgIpc) is 2.38. The third-order valence-electron chi connectivity index (χ3n) is 2.44. The number of carbonyl (C=O) groups excluding carboxylic acids is 2. The number of rotatable bonds is 5. The molecule has 5 nitrogen and oxygen atoms in total. The molecule has 1 N–H and O–H groups in total. The molecule has 19 heavy (non-hydrogen) atoms. The van der Waals surface area contributed by atoms with E-state index in [0.29, 0.717) is 10.8 Å². The van der Waals surface area contributed by atoms with Crippen molar-refractivity contribution in [2.24, 2.45) is 0 Å². The maximum Gasteiger partial charge on any atom is 0.325 e. The fourth-order valence-corrected chi connectivity index (χ4v) is 1.59. The first kappa shape index (κ1) is 15.3. The smallest absolute Gasteiger partial charge is 0.325 e. The van der Waals surface area contributed by atoms with Gasteiger partial charge in [0.05, 0.1) is 7.11 Å². The lowest BCUT2D eigenvalue weighted by Crippen LogP contribution is -2.39. The normalized spacial score (nSPS) is 11.6. The lowest BCUT2D eigenvalue weighted by Gasteiger charge is -2.16. The minimum absolute atomic E-state index is 0.178. The molecule has 1 unspecified atom stereocenters.